The summed E-state index contributed by atoms with van der Waals surface area (Å²) in [5, 5.41) is 3.72. The van der Waals surface area contributed by atoms with Gasteiger partial charge in [0, 0.05) is 18.1 Å². The Bertz CT molecular complexity index is 167. The molecule has 14 heavy (non-hydrogen) atoms. The molecule has 2 rings (SSSR count). The first-order valence-electron chi connectivity index (χ1n) is 6.26. The highest BCUT2D eigenvalue weighted by Crippen LogP contribution is 2.34. The third-order valence-electron chi connectivity index (χ3n) is 4.06. The molecule has 2 heteroatoms. The van der Waals surface area contributed by atoms with Crippen molar-refractivity contribution in [3.63, 3.8) is 0 Å². The third kappa shape index (κ3) is 2.12. The summed E-state index contributed by atoms with van der Waals surface area (Å²) < 4.78 is 0. The predicted octanol–water partition coefficient (Wildman–Crippen LogP) is 2.00. The molecule has 0 radical (unpaired) electrons. The van der Waals surface area contributed by atoms with Crippen molar-refractivity contribution in [1.82, 2.24) is 10.2 Å². The number of unbranched alkanes of at least 4 members (excludes halogenated alkanes) is 1. The number of nitrogens with zero attached hydrogens (tertiary/aromatic N) is 1. The van der Waals surface area contributed by atoms with Gasteiger partial charge in [-0.15, -0.1) is 0 Å². The van der Waals surface area contributed by atoms with Crippen molar-refractivity contribution in [2.45, 2.75) is 63.6 Å². The SMILES string of the molecule is CCCCNC1C[C@H]2CC[C@@H](C1)N2C. The summed E-state index contributed by atoms with van der Waals surface area (Å²) in [5.74, 6) is 0. The van der Waals surface area contributed by atoms with E-state index in [-0.39, 0.29) is 0 Å². The normalized spacial score (nSPS) is 37.7. The minimum absolute atomic E-state index is 0.815. The molecule has 0 amide bonds. The molecular weight excluding hydrogens is 172 g/mol. The lowest BCUT2D eigenvalue weighted by Crippen LogP contribution is -2.47. The van der Waals surface area contributed by atoms with Crippen molar-refractivity contribution >= 4 is 0 Å². The molecule has 2 nitrogen and oxygen atoms in total. The average molecular weight is 196 g/mol. The van der Waals surface area contributed by atoms with E-state index in [1.54, 1.807) is 0 Å². The summed E-state index contributed by atoms with van der Waals surface area (Å²) in [6.07, 6.45) is 8.29. The Morgan fingerprint density at radius 2 is 1.86 bits per heavy atom. The summed E-state index contributed by atoms with van der Waals surface area (Å²) in [5.41, 5.74) is 0. The maximum absolute atomic E-state index is 3.72. The molecule has 0 spiro atoms. The fraction of sp³-hybridized carbons (Fsp3) is 1.00. The highest BCUT2D eigenvalue weighted by Gasteiger charge is 2.37. The van der Waals surface area contributed by atoms with Crippen LogP contribution in [0, 0.1) is 0 Å². The zero-order valence-corrected chi connectivity index (χ0v) is 9.63. The molecule has 1 N–H and O–H groups in total. The fourth-order valence-corrected chi connectivity index (χ4v) is 3.06. The molecule has 2 aliphatic heterocycles. The van der Waals surface area contributed by atoms with E-state index in [4.69, 9.17) is 0 Å². The first-order chi connectivity index (χ1) is 6.81. The molecule has 3 atom stereocenters. The predicted molar refractivity (Wildman–Crippen MR) is 60.5 cm³/mol. The van der Waals surface area contributed by atoms with Crippen LogP contribution in [-0.2, 0) is 0 Å². The molecule has 2 aliphatic rings. The molecule has 2 saturated heterocycles. The van der Waals surface area contributed by atoms with E-state index in [1.165, 1.54) is 45.1 Å². The van der Waals surface area contributed by atoms with Crippen LogP contribution >= 0.6 is 0 Å². The van der Waals surface area contributed by atoms with Crippen LogP contribution in [0.5, 0.6) is 0 Å². The van der Waals surface area contributed by atoms with Crippen molar-refractivity contribution < 1.29 is 0 Å². The van der Waals surface area contributed by atoms with E-state index < -0.39 is 0 Å². The van der Waals surface area contributed by atoms with Gasteiger partial charge in [-0.05, 0) is 45.7 Å². The minimum atomic E-state index is 0.815. The molecule has 2 bridgehead atoms. The summed E-state index contributed by atoms with van der Waals surface area (Å²) in [7, 11) is 2.31. The van der Waals surface area contributed by atoms with E-state index in [2.05, 4.69) is 24.2 Å². The molecule has 0 aliphatic carbocycles. The molecule has 0 aromatic rings. The molecular formula is C12H24N2. The minimum Gasteiger partial charge on any atom is -0.314 e. The zero-order valence-electron chi connectivity index (χ0n) is 9.63. The van der Waals surface area contributed by atoms with Gasteiger partial charge in [-0.1, -0.05) is 13.3 Å². The van der Waals surface area contributed by atoms with Crippen LogP contribution in [0.3, 0.4) is 0 Å². The Balaban J connectivity index is 1.76. The van der Waals surface area contributed by atoms with Crippen molar-refractivity contribution in [3.05, 3.63) is 0 Å². The maximum atomic E-state index is 3.72. The van der Waals surface area contributed by atoms with Crippen molar-refractivity contribution in [1.29, 1.82) is 0 Å². The number of hydrogen-bond acceptors (Lipinski definition) is 2. The van der Waals surface area contributed by atoms with Gasteiger partial charge in [0.2, 0.25) is 0 Å². The quantitative estimate of drug-likeness (QED) is 0.692. The molecule has 1 unspecified atom stereocenters. The summed E-state index contributed by atoms with van der Waals surface area (Å²) in [6, 6.07) is 2.58. The Labute approximate surface area is 88.1 Å². The molecule has 2 heterocycles. The van der Waals surface area contributed by atoms with Gasteiger partial charge in [0.25, 0.3) is 0 Å². The van der Waals surface area contributed by atoms with Crippen molar-refractivity contribution in [3.8, 4) is 0 Å². The van der Waals surface area contributed by atoms with Crippen LogP contribution in [-0.4, -0.2) is 36.6 Å². The van der Waals surface area contributed by atoms with Gasteiger partial charge in [-0.3, -0.25) is 0 Å². The zero-order chi connectivity index (χ0) is 9.97. The smallest absolute Gasteiger partial charge is 0.0111 e. The maximum Gasteiger partial charge on any atom is 0.0111 e. The molecule has 0 saturated carbocycles. The van der Waals surface area contributed by atoms with E-state index in [1.807, 2.05) is 0 Å². The van der Waals surface area contributed by atoms with Crippen LogP contribution in [0.25, 0.3) is 0 Å². The number of rotatable bonds is 4. The average Bonchev–Trinajstić information content (AvgIpc) is 2.41. The number of fused-ring (bicyclic) bond motifs is 2. The van der Waals surface area contributed by atoms with Gasteiger partial charge < -0.3 is 10.2 Å². The lowest BCUT2D eigenvalue weighted by Gasteiger charge is -2.36. The largest absolute Gasteiger partial charge is 0.314 e. The Morgan fingerprint density at radius 1 is 1.21 bits per heavy atom. The van der Waals surface area contributed by atoms with E-state index >= 15 is 0 Å². The van der Waals surface area contributed by atoms with Gasteiger partial charge in [0.15, 0.2) is 0 Å². The summed E-state index contributed by atoms with van der Waals surface area (Å²) >= 11 is 0. The molecule has 82 valence electrons. The Hall–Kier alpha value is -0.0800. The fourth-order valence-electron chi connectivity index (χ4n) is 3.06. The molecule has 0 aromatic heterocycles. The van der Waals surface area contributed by atoms with E-state index in [0.29, 0.717) is 0 Å². The second-order valence-electron chi connectivity index (χ2n) is 5.03. The van der Waals surface area contributed by atoms with Gasteiger partial charge in [0.1, 0.15) is 0 Å². The first kappa shape index (κ1) is 10.4. The lowest BCUT2D eigenvalue weighted by atomic mass is 9.98. The first-order valence-corrected chi connectivity index (χ1v) is 6.26. The third-order valence-corrected chi connectivity index (χ3v) is 4.06. The second-order valence-corrected chi connectivity index (χ2v) is 5.03. The van der Waals surface area contributed by atoms with Gasteiger partial charge in [-0.25, -0.2) is 0 Å². The van der Waals surface area contributed by atoms with Crippen LogP contribution < -0.4 is 5.32 Å². The van der Waals surface area contributed by atoms with Gasteiger partial charge in [-0.2, -0.15) is 0 Å². The van der Waals surface area contributed by atoms with Crippen LogP contribution in [0.4, 0.5) is 0 Å². The summed E-state index contributed by atoms with van der Waals surface area (Å²) in [4.78, 5) is 2.61. The second kappa shape index (κ2) is 4.63. The monoisotopic (exact) mass is 196 g/mol. The number of piperidine rings is 1. The van der Waals surface area contributed by atoms with Crippen molar-refractivity contribution in [2.75, 3.05) is 13.6 Å². The molecule has 0 aromatic carbocycles. The van der Waals surface area contributed by atoms with Crippen LogP contribution in [0.2, 0.25) is 0 Å². The number of nitrogens with one attached hydrogen (secondary N) is 1. The highest BCUT2D eigenvalue weighted by atomic mass is 15.2. The van der Waals surface area contributed by atoms with Gasteiger partial charge >= 0.3 is 0 Å². The van der Waals surface area contributed by atoms with Crippen LogP contribution in [0.1, 0.15) is 45.4 Å². The van der Waals surface area contributed by atoms with Crippen molar-refractivity contribution in [2.24, 2.45) is 0 Å². The topological polar surface area (TPSA) is 15.3 Å². The van der Waals surface area contributed by atoms with Crippen LogP contribution in [0.15, 0.2) is 0 Å². The lowest BCUT2D eigenvalue weighted by molar-refractivity contribution is 0.149. The van der Waals surface area contributed by atoms with Gasteiger partial charge in [0.05, 0.1) is 0 Å². The summed E-state index contributed by atoms with van der Waals surface area (Å²) in [6.45, 7) is 3.49. The van der Waals surface area contributed by atoms with E-state index in [0.717, 1.165) is 18.1 Å². The molecule has 2 fully saturated rings. The standard InChI is InChI=1S/C12H24N2/c1-3-4-7-13-10-8-11-5-6-12(9-10)14(11)2/h10-13H,3-9H2,1-2H3/t10?,11-,12+. The Morgan fingerprint density at radius 3 is 2.43 bits per heavy atom. The highest BCUT2D eigenvalue weighted by molar-refractivity contribution is 4.95. The Kier molecular flexibility index (Phi) is 3.45. The van der Waals surface area contributed by atoms with E-state index in [9.17, 15) is 0 Å². The number of hydrogen-bond donors (Lipinski definition) is 1.